The Morgan fingerprint density at radius 2 is 1.93 bits per heavy atom. The summed E-state index contributed by atoms with van der Waals surface area (Å²) in [7, 11) is 1.64. The van der Waals surface area contributed by atoms with Gasteiger partial charge in [-0.15, -0.1) is 0 Å². The van der Waals surface area contributed by atoms with E-state index in [1.165, 1.54) is 5.56 Å². The Morgan fingerprint density at radius 3 is 2.57 bits per heavy atom. The molecule has 0 heterocycles. The minimum absolute atomic E-state index is 0.780. The van der Waals surface area contributed by atoms with Crippen LogP contribution in [0, 0.1) is 0 Å². The summed E-state index contributed by atoms with van der Waals surface area (Å²) < 4.78 is 5.72. The van der Waals surface area contributed by atoms with Crippen molar-refractivity contribution in [2.75, 3.05) is 7.11 Å². The molecule has 0 atom stereocenters. The van der Waals surface area contributed by atoms with Crippen LogP contribution in [0.4, 0.5) is 0 Å². The van der Waals surface area contributed by atoms with Crippen molar-refractivity contribution in [3.05, 3.63) is 54.1 Å². The third-order valence-corrected chi connectivity index (χ3v) is 2.11. The van der Waals surface area contributed by atoms with Crippen LogP contribution in [0.1, 0.15) is 5.56 Å². The summed E-state index contributed by atoms with van der Waals surface area (Å²) in [6, 6.07) is 10.2. The summed E-state index contributed by atoms with van der Waals surface area (Å²) in [5.41, 5.74) is 1.19. The van der Waals surface area contributed by atoms with Gasteiger partial charge in [-0.25, -0.2) is 0 Å². The SMILES string of the molecule is CO[C](=[Cr])/C=C/C=C/c1ccccc1. The zero-order valence-electron chi connectivity index (χ0n) is 8.01. The first-order valence-corrected chi connectivity index (χ1v) is 4.94. The predicted octanol–water partition coefficient (Wildman–Crippen LogP) is 2.58. The molecule has 72 valence electrons. The molecule has 0 fully saturated rings. The molecule has 1 aromatic carbocycles. The maximum atomic E-state index is 4.94. The molecule has 0 aliphatic heterocycles. The maximum absolute atomic E-state index is 4.94. The topological polar surface area (TPSA) is 9.23 Å². The molecule has 0 aliphatic carbocycles. The van der Waals surface area contributed by atoms with E-state index in [-0.39, 0.29) is 0 Å². The predicted molar refractivity (Wildman–Crippen MR) is 56.6 cm³/mol. The zero-order valence-corrected chi connectivity index (χ0v) is 9.29. The molecule has 14 heavy (non-hydrogen) atoms. The number of ether oxygens (including phenoxy) is 1. The Morgan fingerprint density at radius 1 is 1.21 bits per heavy atom. The van der Waals surface area contributed by atoms with Crippen molar-refractivity contribution in [3.63, 3.8) is 0 Å². The molecular formula is C12H12CrO. The van der Waals surface area contributed by atoms with Gasteiger partial charge in [-0.3, -0.25) is 0 Å². The van der Waals surface area contributed by atoms with Gasteiger partial charge in [0.2, 0.25) is 0 Å². The number of rotatable bonds is 4. The van der Waals surface area contributed by atoms with E-state index in [2.05, 4.69) is 28.0 Å². The van der Waals surface area contributed by atoms with Gasteiger partial charge in [0.25, 0.3) is 0 Å². The van der Waals surface area contributed by atoms with E-state index in [9.17, 15) is 0 Å². The summed E-state index contributed by atoms with van der Waals surface area (Å²) in [4.78, 5) is 0. The van der Waals surface area contributed by atoms with Crippen LogP contribution in [0.15, 0.2) is 48.6 Å². The van der Waals surface area contributed by atoms with Crippen LogP contribution in [0.3, 0.4) is 0 Å². The molecule has 0 spiro atoms. The van der Waals surface area contributed by atoms with Crippen molar-refractivity contribution in [1.29, 1.82) is 0 Å². The average Bonchev–Trinajstić information content (AvgIpc) is 2.25. The molecule has 0 radical (unpaired) electrons. The number of allylic oxidation sites excluding steroid dienone is 2. The Kier molecular flexibility index (Phi) is 5.18. The van der Waals surface area contributed by atoms with E-state index < -0.39 is 0 Å². The fourth-order valence-corrected chi connectivity index (χ4v) is 1.06. The second kappa shape index (κ2) is 6.51. The first-order chi connectivity index (χ1) is 6.83. The number of benzene rings is 1. The first kappa shape index (κ1) is 11.1. The molecule has 0 saturated heterocycles. The summed E-state index contributed by atoms with van der Waals surface area (Å²) in [5, 5.41) is 0. The van der Waals surface area contributed by atoms with Gasteiger partial charge in [-0.1, -0.05) is 0 Å². The first-order valence-electron chi connectivity index (χ1n) is 4.30. The van der Waals surface area contributed by atoms with Gasteiger partial charge in [-0.05, 0) is 0 Å². The Bertz CT molecular complexity index is 339. The molecule has 0 N–H and O–H groups in total. The van der Waals surface area contributed by atoms with E-state index >= 15 is 0 Å². The Labute approximate surface area is 92.7 Å². The van der Waals surface area contributed by atoms with Crippen molar-refractivity contribution in [2.45, 2.75) is 0 Å². The fraction of sp³-hybridized carbons (Fsp3) is 0.0833. The number of hydrogen-bond acceptors (Lipinski definition) is 1. The van der Waals surface area contributed by atoms with E-state index in [4.69, 9.17) is 4.74 Å². The molecule has 2 heteroatoms. The van der Waals surface area contributed by atoms with Gasteiger partial charge >= 0.3 is 92.5 Å². The van der Waals surface area contributed by atoms with Crippen LogP contribution >= 0.6 is 0 Å². The Hall–Kier alpha value is -0.938. The van der Waals surface area contributed by atoms with Gasteiger partial charge in [0.05, 0.1) is 0 Å². The summed E-state index contributed by atoms with van der Waals surface area (Å²) in [6.07, 6.45) is 7.83. The average molecular weight is 224 g/mol. The third kappa shape index (κ3) is 4.34. The summed E-state index contributed by atoms with van der Waals surface area (Å²) in [5.74, 6) is 0. The van der Waals surface area contributed by atoms with Crippen LogP contribution in [-0.4, -0.2) is 11.7 Å². The van der Waals surface area contributed by atoms with Gasteiger partial charge in [0.15, 0.2) is 0 Å². The summed E-state index contributed by atoms with van der Waals surface area (Å²) >= 11 is 2.80. The zero-order chi connectivity index (χ0) is 10.2. The standard InChI is InChI=1S/C12H12O.Cr/c1-13-11-7-3-6-10-12-8-4-2-5-9-12;/h2-10H,1H3;/b7-3+,10-6+;. The fourth-order valence-electron chi connectivity index (χ4n) is 0.933. The second-order valence-corrected chi connectivity index (χ2v) is 3.28. The monoisotopic (exact) mass is 224 g/mol. The molecule has 0 saturated carbocycles. The molecular weight excluding hydrogens is 212 g/mol. The quantitative estimate of drug-likeness (QED) is 0.714. The van der Waals surface area contributed by atoms with Crippen LogP contribution in [0.5, 0.6) is 0 Å². The van der Waals surface area contributed by atoms with Crippen molar-refractivity contribution in [1.82, 2.24) is 0 Å². The molecule has 0 bridgehead atoms. The van der Waals surface area contributed by atoms with Crippen molar-refractivity contribution >= 4 is 10.6 Å². The molecule has 1 rings (SSSR count). The van der Waals surface area contributed by atoms with Gasteiger partial charge < -0.3 is 0 Å². The Balaban J connectivity index is 2.50. The molecule has 0 aliphatic rings. The van der Waals surface area contributed by atoms with E-state index in [1.54, 1.807) is 7.11 Å². The van der Waals surface area contributed by atoms with E-state index in [0.29, 0.717) is 0 Å². The van der Waals surface area contributed by atoms with Crippen LogP contribution in [-0.2, 0) is 20.6 Å². The van der Waals surface area contributed by atoms with Crippen molar-refractivity contribution in [2.24, 2.45) is 0 Å². The summed E-state index contributed by atoms with van der Waals surface area (Å²) in [6.45, 7) is 0. The molecule has 0 aromatic heterocycles. The van der Waals surface area contributed by atoms with Crippen LogP contribution < -0.4 is 0 Å². The molecule has 1 nitrogen and oxygen atoms in total. The van der Waals surface area contributed by atoms with E-state index in [1.807, 2.05) is 42.5 Å². The van der Waals surface area contributed by atoms with E-state index in [0.717, 1.165) is 4.57 Å². The minimum atomic E-state index is 0.780. The van der Waals surface area contributed by atoms with Gasteiger partial charge in [0, 0.05) is 0 Å². The van der Waals surface area contributed by atoms with Crippen molar-refractivity contribution in [3.8, 4) is 0 Å². The third-order valence-electron chi connectivity index (χ3n) is 1.63. The number of hydrogen-bond donors (Lipinski definition) is 0. The van der Waals surface area contributed by atoms with Crippen LogP contribution in [0.25, 0.3) is 6.08 Å². The molecule has 1 aromatic rings. The molecule has 0 unspecified atom stereocenters. The van der Waals surface area contributed by atoms with Gasteiger partial charge in [-0.2, -0.15) is 0 Å². The van der Waals surface area contributed by atoms with Crippen LogP contribution in [0.2, 0.25) is 0 Å². The second-order valence-electron chi connectivity index (χ2n) is 2.65. The molecule has 0 amide bonds. The normalized spacial score (nSPS) is 11.2. The number of methoxy groups -OCH3 is 1. The van der Waals surface area contributed by atoms with Crippen molar-refractivity contribution < 1.29 is 20.6 Å². The van der Waals surface area contributed by atoms with Gasteiger partial charge in [0.1, 0.15) is 0 Å².